The molecule has 0 saturated carbocycles. The van der Waals surface area contributed by atoms with Gasteiger partial charge in [-0.05, 0) is 51.4 Å². The van der Waals surface area contributed by atoms with E-state index in [0.29, 0.717) is 12.5 Å². The molecule has 6 heteroatoms. The second-order valence-electron chi connectivity index (χ2n) is 7.07. The average Bonchev–Trinajstić information content (AvgIpc) is 3.27. The van der Waals surface area contributed by atoms with E-state index in [1.165, 1.54) is 50.0 Å². The van der Waals surface area contributed by atoms with Gasteiger partial charge in [0, 0.05) is 18.0 Å². The normalized spacial score (nSPS) is 18.2. The van der Waals surface area contributed by atoms with Crippen molar-refractivity contribution in [1.82, 2.24) is 15.2 Å². The maximum atomic E-state index is 12.3. The number of piperidine rings is 1. The molecule has 0 bridgehead atoms. The molecule has 1 aliphatic rings. The van der Waals surface area contributed by atoms with Gasteiger partial charge in [-0.25, -0.2) is 4.98 Å². The van der Waals surface area contributed by atoms with Crippen LogP contribution in [0.15, 0.2) is 21.9 Å². The summed E-state index contributed by atoms with van der Waals surface area (Å²) in [6, 6.07) is 4.33. The van der Waals surface area contributed by atoms with Crippen LogP contribution in [-0.2, 0) is 11.2 Å². The molecule has 5 nitrogen and oxygen atoms in total. The van der Waals surface area contributed by atoms with Gasteiger partial charge in [0.15, 0.2) is 10.8 Å². The molecule has 26 heavy (non-hydrogen) atoms. The van der Waals surface area contributed by atoms with Crippen LogP contribution in [0.4, 0.5) is 0 Å². The second kappa shape index (κ2) is 9.33. The lowest BCUT2D eigenvalue weighted by atomic mass is 10.0. The number of thiazole rings is 1. The van der Waals surface area contributed by atoms with Crippen molar-refractivity contribution in [1.29, 1.82) is 0 Å². The van der Waals surface area contributed by atoms with Crippen molar-refractivity contribution in [3.05, 3.63) is 29.0 Å². The predicted molar refractivity (Wildman–Crippen MR) is 105 cm³/mol. The van der Waals surface area contributed by atoms with Crippen LogP contribution in [0.3, 0.4) is 0 Å². The van der Waals surface area contributed by atoms with Crippen LogP contribution in [0.1, 0.15) is 50.5 Å². The zero-order valence-electron chi connectivity index (χ0n) is 15.8. The molecule has 0 radical (unpaired) electrons. The molecule has 2 aromatic heterocycles. The van der Waals surface area contributed by atoms with Gasteiger partial charge in [0.1, 0.15) is 5.76 Å². The van der Waals surface area contributed by atoms with E-state index < -0.39 is 0 Å². The van der Waals surface area contributed by atoms with Gasteiger partial charge in [-0.3, -0.25) is 9.69 Å². The molecule has 1 fully saturated rings. The largest absolute Gasteiger partial charge is 0.459 e. The molecule has 1 N–H and O–H groups in total. The first-order valence-electron chi connectivity index (χ1n) is 9.67. The van der Waals surface area contributed by atoms with Crippen LogP contribution < -0.4 is 5.32 Å². The molecule has 0 aliphatic carbocycles. The number of hydrogen-bond acceptors (Lipinski definition) is 5. The SMILES string of the molecule is CCCCN1CCCCC1CNC(=O)Cc1csc(-c2ccc(C)o2)n1. The lowest BCUT2D eigenvalue weighted by Crippen LogP contribution is -2.47. The average molecular weight is 376 g/mol. The number of unbranched alkanes of at least 4 members (excludes halogenated alkanes) is 1. The molecular formula is C20H29N3O2S. The fourth-order valence-electron chi connectivity index (χ4n) is 3.46. The summed E-state index contributed by atoms with van der Waals surface area (Å²) in [6.45, 7) is 7.21. The van der Waals surface area contributed by atoms with Gasteiger partial charge in [0.2, 0.25) is 5.91 Å². The number of furan rings is 1. The number of amides is 1. The highest BCUT2D eigenvalue weighted by atomic mass is 32.1. The number of rotatable bonds is 8. The van der Waals surface area contributed by atoms with Crippen LogP contribution in [-0.4, -0.2) is 41.5 Å². The van der Waals surface area contributed by atoms with E-state index in [1.807, 2.05) is 24.4 Å². The molecule has 0 aromatic carbocycles. The van der Waals surface area contributed by atoms with E-state index in [4.69, 9.17) is 4.42 Å². The van der Waals surface area contributed by atoms with E-state index in [0.717, 1.165) is 35.3 Å². The van der Waals surface area contributed by atoms with Gasteiger partial charge in [-0.1, -0.05) is 19.8 Å². The monoisotopic (exact) mass is 375 g/mol. The van der Waals surface area contributed by atoms with Crippen molar-refractivity contribution >= 4 is 17.2 Å². The smallest absolute Gasteiger partial charge is 0.226 e. The number of aromatic nitrogens is 1. The zero-order valence-corrected chi connectivity index (χ0v) is 16.6. The summed E-state index contributed by atoms with van der Waals surface area (Å²) < 4.78 is 5.60. The molecule has 3 rings (SSSR count). The molecule has 2 aromatic rings. The van der Waals surface area contributed by atoms with E-state index in [2.05, 4.69) is 22.1 Å². The Morgan fingerprint density at radius 2 is 2.31 bits per heavy atom. The third kappa shape index (κ3) is 5.17. The topological polar surface area (TPSA) is 58.4 Å². The fraction of sp³-hybridized carbons (Fsp3) is 0.600. The summed E-state index contributed by atoms with van der Waals surface area (Å²) in [7, 11) is 0. The Hall–Kier alpha value is -1.66. The minimum atomic E-state index is 0.0542. The molecule has 1 saturated heterocycles. The van der Waals surface area contributed by atoms with Gasteiger partial charge in [0.25, 0.3) is 0 Å². The minimum absolute atomic E-state index is 0.0542. The van der Waals surface area contributed by atoms with Crippen molar-refractivity contribution < 1.29 is 9.21 Å². The highest BCUT2D eigenvalue weighted by Gasteiger charge is 2.22. The van der Waals surface area contributed by atoms with Crippen LogP contribution in [0.25, 0.3) is 10.8 Å². The van der Waals surface area contributed by atoms with Gasteiger partial charge in [0.05, 0.1) is 12.1 Å². The minimum Gasteiger partial charge on any atom is -0.459 e. The van der Waals surface area contributed by atoms with Gasteiger partial charge in [-0.15, -0.1) is 11.3 Å². The van der Waals surface area contributed by atoms with Gasteiger partial charge in [-0.2, -0.15) is 0 Å². The first kappa shape index (κ1) is 19.1. The summed E-state index contributed by atoms with van der Waals surface area (Å²) in [5.41, 5.74) is 0.808. The Balaban J connectivity index is 1.48. The van der Waals surface area contributed by atoms with Crippen molar-refractivity contribution in [3.8, 4) is 10.8 Å². The highest BCUT2D eigenvalue weighted by Crippen LogP contribution is 2.25. The number of nitrogens with zero attached hydrogens (tertiary/aromatic N) is 2. The zero-order chi connectivity index (χ0) is 18.4. The summed E-state index contributed by atoms with van der Waals surface area (Å²) >= 11 is 1.52. The maximum Gasteiger partial charge on any atom is 0.226 e. The molecule has 0 spiro atoms. The van der Waals surface area contributed by atoms with E-state index in [-0.39, 0.29) is 5.91 Å². The lowest BCUT2D eigenvalue weighted by Gasteiger charge is -2.35. The number of aryl methyl sites for hydroxylation is 1. The van der Waals surface area contributed by atoms with Crippen molar-refractivity contribution in [2.45, 2.75) is 58.4 Å². The molecular weight excluding hydrogens is 346 g/mol. The van der Waals surface area contributed by atoms with Crippen LogP contribution in [0, 0.1) is 6.92 Å². The number of carbonyl (C=O) groups excluding carboxylic acids is 1. The molecule has 142 valence electrons. The predicted octanol–water partition coefficient (Wildman–Crippen LogP) is 4.02. The highest BCUT2D eigenvalue weighted by molar-refractivity contribution is 7.13. The Kier molecular flexibility index (Phi) is 6.86. The number of carbonyl (C=O) groups is 1. The van der Waals surface area contributed by atoms with Crippen LogP contribution in [0.5, 0.6) is 0 Å². The first-order valence-corrected chi connectivity index (χ1v) is 10.6. The van der Waals surface area contributed by atoms with Crippen molar-refractivity contribution in [3.63, 3.8) is 0 Å². The number of likely N-dealkylation sites (tertiary alicyclic amines) is 1. The lowest BCUT2D eigenvalue weighted by molar-refractivity contribution is -0.120. The third-order valence-corrected chi connectivity index (χ3v) is 5.83. The molecule has 1 unspecified atom stereocenters. The molecule has 3 heterocycles. The first-order chi connectivity index (χ1) is 12.7. The fourth-order valence-corrected chi connectivity index (χ4v) is 4.24. The number of hydrogen-bond donors (Lipinski definition) is 1. The summed E-state index contributed by atoms with van der Waals surface area (Å²) in [6.07, 6.45) is 6.51. The van der Waals surface area contributed by atoms with Crippen molar-refractivity contribution in [2.24, 2.45) is 0 Å². The summed E-state index contributed by atoms with van der Waals surface area (Å²) in [4.78, 5) is 19.4. The van der Waals surface area contributed by atoms with Crippen molar-refractivity contribution in [2.75, 3.05) is 19.6 Å². The van der Waals surface area contributed by atoms with Gasteiger partial charge >= 0.3 is 0 Å². The van der Waals surface area contributed by atoms with E-state index in [1.54, 1.807) is 0 Å². The quantitative estimate of drug-likeness (QED) is 0.757. The standard InChI is InChI=1S/C20H29N3O2S/c1-3-4-10-23-11-6-5-7-17(23)13-21-19(24)12-16-14-26-20(22-16)18-9-8-15(2)25-18/h8-9,14,17H,3-7,10-13H2,1-2H3,(H,21,24). The molecule has 1 atom stereocenters. The van der Waals surface area contributed by atoms with E-state index in [9.17, 15) is 4.79 Å². The van der Waals surface area contributed by atoms with Crippen LogP contribution in [0.2, 0.25) is 0 Å². The Morgan fingerprint density at radius 3 is 3.08 bits per heavy atom. The third-order valence-electron chi connectivity index (χ3n) is 4.93. The Morgan fingerprint density at radius 1 is 1.42 bits per heavy atom. The molecule has 1 amide bonds. The Bertz CT molecular complexity index is 709. The number of nitrogens with one attached hydrogen (secondary N) is 1. The Labute approximate surface area is 159 Å². The summed E-state index contributed by atoms with van der Waals surface area (Å²) in [5, 5.41) is 5.90. The summed E-state index contributed by atoms with van der Waals surface area (Å²) in [5.74, 6) is 1.70. The van der Waals surface area contributed by atoms with Crippen LogP contribution >= 0.6 is 11.3 Å². The maximum absolute atomic E-state index is 12.3. The van der Waals surface area contributed by atoms with Gasteiger partial charge < -0.3 is 9.73 Å². The molecule has 1 aliphatic heterocycles. The second-order valence-corrected chi connectivity index (χ2v) is 7.93. The van der Waals surface area contributed by atoms with E-state index >= 15 is 0 Å².